The first-order chi connectivity index (χ1) is 10.9. The molecule has 0 spiro atoms. The van der Waals surface area contributed by atoms with Gasteiger partial charge in [-0.2, -0.15) is 5.11 Å². The molecule has 5 rings (SSSR count). The highest BCUT2D eigenvalue weighted by Crippen LogP contribution is 2.59. The molecule has 2 aliphatic carbocycles. The quantitative estimate of drug-likeness (QED) is 0.830. The van der Waals surface area contributed by atoms with Crippen LogP contribution in [-0.4, -0.2) is 29.7 Å². The Morgan fingerprint density at radius 3 is 2.64 bits per heavy atom. The molecule has 2 bridgehead atoms. The van der Waals surface area contributed by atoms with E-state index in [1.165, 1.54) is 57.3 Å². The van der Waals surface area contributed by atoms with Crippen LogP contribution < -0.4 is 5.01 Å². The lowest BCUT2D eigenvalue weighted by atomic mass is 9.81. The number of hydrogen-bond acceptors (Lipinski definition) is 4. The first-order valence-corrected chi connectivity index (χ1v) is 8.92. The Kier molecular flexibility index (Phi) is 2.84. The summed E-state index contributed by atoms with van der Waals surface area (Å²) in [7, 11) is 0. The summed E-state index contributed by atoms with van der Waals surface area (Å²) in [6.07, 6.45) is 8.09. The van der Waals surface area contributed by atoms with Crippen LogP contribution in [0, 0.1) is 11.8 Å². The van der Waals surface area contributed by atoms with Crippen LogP contribution in [0.4, 0.5) is 5.69 Å². The molecule has 3 fully saturated rings. The third-order valence-corrected chi connectivity index (χ3v) is 6.42. The summed E-state index contributed by atoms with van der Waals surface area (Å²) >= 11 is 0. The van der Waals surface area contributed by atoms with Crippen LogP contribution in [0.15, 0.2) is 40.7 Å². The van der Waals surface area contributed by atoms with E-state index in [4.69, 9.17) is 10.3 Å². The number of benzene rings is 1. The highest BCUT2D eigenvalue weighted by atomic mass is 15.7. The minimum atomic E-state index is 0.0463. The molecule has 0 aromatic heterocycles. The van der Waals surface area contributed by atoms with Gasteiger partial charge in [0.25, 0.3) is 0 Å². The second-order valence-corrected chi connectivity index (χ2v) is 7.40. The smallest absolute Gasteiger partial charge is 0.144 e. The molecule has 4 nitrogen and oxygen atoms in total. The van der Waals surface area contributed by atoms with E-state index in [1.54, 1.807) is 0 Å². The fourth-order valence-corrected chi connectivity index (χ4v) is 5.59. The summed E-state index contributed by atoms with van der Waals surface area (Å²) in [6, 6.07) is 11.1. The molecule has 4 atom stereocenters. The van der Waals surface area contributed by atoms with E-state index < -0.39 is 0 Å². The predicted octanol–water partition coefficient (Wildman–Crippen LogP) is 3.85. The van der Waals surface area contributed by atoms with Crippen molar-refractivity contribution in [2.75, 3.05) is 18.1 Å². The lowest BCUT2D eigenvalue weighted by molar-refractivity contribution is 0.0163. The highest BCUT2D eigenvalue weighted by molar-refractivity contribution is 5.51. The van der Waals surface area contributed by atoms with Crippen molar-refractivity contribution in [1.82, 2.24) is 4.90 Å². The number of fused-ring (bicyclic) bond motifs is 5. The summed E-state index contributed by atoms with van der Waals surface area (Å²) < 4.78 is 0. The van der Waals surface area contributed by atoms with Gasteiger partial charge in [-0.3, -0.25) is 4.90 Å². The Hall–Kier alpha value is -1.42. The summed E-state index contributed by atoms with van der Waals surface area (Å²) in [4.78, 5) is 2.75. The van der Waals surface area contributed by atoms with Crippen molar-refractivity contribution < 1.29 is 0 Å². The largest absolute Gasteiger partial charge is 0.277 e. The fraction of sp³-hybridized carbons (Fsp3) is 0.667. The Labute approximate surface area is 132 Å². The van der Waals surface area contributed by atoms with E-state index in [-0.39, 0.29) is 5.66 Å². The fourth-order valence-electron chi connectivity index (χ4n) is 5.59. The minimum absolute atomic E-state index is 0.0463. The van der Waals surface area contributed by atoms with Gasteiger partial charge in [-0.1, -0.05) is 29.8 Å². The van der Waals surface area contributed by atoms with E-state index in [9.17, 15) is 0 Å². The zero-order valence-electron chi connectivity index (χ0n) is 13.1. The van der Waals surface area contributed by atoms with Crippen molar-refractivity contribution in [3.63, 3.8) is 0 Å². The van der Waals surface area contributed by atoms with Crippen LogP contribution in [-0.2, 0) is 0 Å². The summed E-state index contributed by atoms with van der Waals surface area (Å²) in [5, 5.41) is 11.8. The van der Waals surface area contributed by atoms with Crippen molar-refractivity contribution in [2.24, 2.45) is 22.2 Å². The van der Waals surface area contributed by atoms with Crippen molar-refractivity contribution >= 4 is 5.69 Å². The third kappa shape index (κ3) is 1.56. The normalized spacial score (nSPS) is 40.4. The molecule has 0 N–H and O–H groups in total. The van der Waals surface area contributed by atoms with Gasteiger partial charge in [-0.05, 0) is 50.2 Å². The second kappa shape index (κ2) is 4.79. The number of piperidine rings is 1. The number of para-hydroxylation sites is 1. The van der Waals surface area contributed by atoms with Gasteiger partial charge in [0.2, 0.25) is 0 Å². The zero-order chi connectivity index (χ0) is 14.6. The maximum absolute atomic E-state index is 4.79. The molecule has 116 valence electrons. The van der Waals surface area contributed by atoms with E-state index in [2.05, 4.69) is 40.2 Å². The predicted molar refractivity (Wildman–Crippen MR) is 86.6 cm³/mol. The lowest BCUT2D eigenvalue weighted by Crippen LogP contribution is -2.66. The number of hydrogen-bond donors (Lipinski definition) is 0. The van der Waals surface area contributed by atoms with Crippen molar-refractivity contribution in [2.45, 2.75) is 50.2 Å². The maximum atomic E-state index is 4.79. The average Bonchev–Trinajstić information content (AvgIpc) is 3.28. The van der Waals surface area contributed by atoms with E-state index in [1.807, 2.05) is 0 Å². The van der Waals surface area contributed by atoms with Gasteiger partial charge in [0.1, 0.15) is 11.7 Å². The Morgan fingerprint density at radius 2 is 1.82 bits per heavy atom. The molecule has 4 unspecified atom stereocenters. The van der Waals surface area contributed by atoms with Gasteiger partial charge in [0, 0.05) is 19.0 Å². The molecule has 0 amide bonds. The second-order valence-electron chi connectivity index (χ2n) is 7.40. The molecule has 1 aromatic carbocycles. The SMILES string of the molecule is c1ccc(N2N=NC3C4CCC(C4)C32N2CCCCC2)cc1. The molecule has 22 heavy (non-hydrogen) atoms. The molecule has 2 aliphatic heterocycles. The van der Waals surface area contributed by atoms with Gasteiger partial charge < -0.3 is 0 Å². The zero-order valence-corrected chi connectivity index (χ0v) is 13.1. The molecule has 1 saturated heterocycles. The van der Waals surface area contributed by atoms with Crippen molar-refractivity contribution in [1.29, 1.82) is 0 Å². The van der Waals surface area contributed by atoms with Crippen LogP contribution in [0.25, 0.3) is 0 Å². The number of rotatable bonds is 2. The molecule has 4 heteroatoms. The summed E-state index contributed by atoms with van der Waals surface area (Å²) in [6.45, 7) is 2.43. The Morgan fingerprint density at radius 1 is 1.00 bits per heavy atom. The van der Waals surface area contributed by atoms with Crippen LogP contribution in [0.5, 0.6) is 0 Å². The summed E-state index contributed by atoms with van der Waals surface area (Å²) in [5.41, 5.74) is 1.26. The molecular weight excluding hydrogens is 272 g/mol. The molecule has 2 heterocycles. The summed E-state index contributed by atoms with van der Waals surface area (Å²) in [5.74, 6) is 1.49. The first kappa shape index (κ1) is 13.1. The number of nitrogens with zero attached hydrogens (tertiary/aromatic N) is 4. The van der Waals surface area contributed by atoms with Gasteiger partial charge in [0.05, 0.1) is 5.69 Å². The van der Waals surface area contributed by atoms with Gasteiger partial charge in [-0.15, -0.1) is 0 Å². The van der Waals surface area contributed by atoms with E-state index >= 15 is 0 Å². The topological polar surface area (TPSA) is 31.2 Å². The molecular formula is C18H24N4. The van der Waals surface area contributed by atoms with Gasteiger partial charge in [-0.25, -0.2) is 5.01 Å². The maximum Gasteiger partial charge on any atom is 0.144 e. The molecule has 0 radical (unpaired) electrons. The van der Waals surface area contributed by atoms with E-state index in [0.29, 0.717) is 6.04 Å². The minimum Gasteiger partial charge on any atom is -0.277 e. The standard InChI is InChI=1S/C18H24N4/c1-3-7-16(8-4-1)22-18(21-11-5-2-6-12-21)15-10-9-14(13-15)17(18)19-20-22/h1,3-4,7-8,14-15,17H,2,5-6,9-13H2. The number of anilines is 1. The lowest BCUT2D eigenvalue weighted by Gasteiger charge is -2.51. The third-order valence-electron chi connectivity index (χ3n) is 6.42. The van der Waals surface area contributed by atoms with Crippen LogP contribution in [0.2, 0.25) is 0 Å². The Balaban J connectivity index is 1.61. The monoisotopic (exact) mass is 296 g/mol. The van der Waals surface area contributed by atoms with Crippen LogP contribution in [0.1, 0.15) is 38.5 Å². The van der Waals surface area contributed by atoms with Crippen molar-refractivity contribution in [3.8, 4) is 0 Å². The van der Waals surface area contributed by atoms with Gasteiger partial charge in [0.15, 0.2) is 0 Å². The molecule has 4 aliphatic rings. The molecule has 1 aromatic rings. The van der Waals surface area contributed by atoms with Gasteiger partial charge >= 0.3 is 0 Å². The van der Waals surface area contributed by atoms with Crippen LogP contribution in [0.3, 0.4) is 0 Å². The Bertz CT molecular complexity index is 580. The van der Waals surface area contributed by atoms with Crippen molar-refractivity contribution in [3.05, 3.63) is 30.3 Å². The van der Waals surface area contributed by atoms with E-state index in [0.717, 1.165) is 11.8 Å². The first-order valence-electron chi connectivity index (χ1n) is 8.92. The average molecular weight is 296 g/mol. The molecule has 2 saturated carbocycles. The number of likely N-dealkylation sites (tertiary alicyclic amines) is 1. The highest BCUT2D eigenvalue weighted by Gasteiger charge is 2.67. The van der Waals surface area contributed by atoms with Crippen LogP contribution >= 0.6 is 0 Å².